The smallest absolute Gasteiger partial charge is 0.309 e. The predicted octanol–water partition coefficient (Wildman–Crippen LogP) is 2.79. The molecule has 0 unspecified atom stereocenters. The van der Waals surface area contributed by atoms with Crippen molar-refractivity contribution in [1.29, 1.82) is 0 Å². The van der Waals surface area contributed by atoms with Gasteiger partial charge >= 0.3 is 5.97 Å². The van der Waals surface area contributed by atoms with Gasteiger partial charge in [0.1, 0.15) is 0 Å². The number of rotatable bonds is 9. The zero-order chi connectivity index (χ0) is 18.5. The first-order valence-corrected chi connectivity index (χ1v) is 9.45. The molecule has 1 aliphatic heterocycles. The van der Waals surface area contributed by atoms with Crippen LogP contribution in [0.15, 0.2) is 18.2 Å². The van der Waals surface area contributed by atoms with Gasteiger partial charge in [0, 0.05) is 13.1 Å². The number of unbranched alkanes of at least 4 members (excludes halogenated alkanes) is 1. The number of ether oxygens (including phenoxy) is 3. The molecule has 1 aromatic carbocycles. The van der Waals surface area contributed by atoms with Crippen LogP contribution in [0, 0.1) is 11.8 Å². The lowest BCUT2D eigenvalue weighted by Gasteiger charge is -2.23. The van der Waals surface area contributed by atoms with E-state index in [4.69, 9.17) is 14.2 Å². The Morgan fingerprint density at radius 1 is 1.23 bits per heavy atom. The number of hydrogen-bond donors (Lipinski definition) is 0. The van der Waals surface area contributed by atoms with E-state index in [1.54, 1.807) is 0 Å². The average molecular weight is 361 g/mol. The van der Waals surface area contributed by atoms with E-state index >= 15 is 0 Å². The Morgan fingerprint density at radius 3 is 2.81 bits per heavy atom. The SMILES string of the molecule is CCCCN(C[C@H]1C[C@@H]1C(=O)OCC)C(=O)Cc1ccc2c(c1)OCO2. The Morgan fingerprint density at radius 2 is 2.04 bits per heavy atom. The van der Waals surface area contributed by atoms with Gasteiger partial charge in [-0.1, -0.05) is 19.4 Å². The normalized spacial score (nSPS) is 19.9. The van der Waals surface area contributed by atoms with Crippen LogP contribution in [0.3, 0.4) is 0 Å². The second-order valence-electron chi connectivity index (χ2n) is 6.91. The maximum atomic E-state index is 12.8. The Bertz CT molecular complexity index is 660. The summed E-state index contributed by atoms with van der Waals surface area (Å²) in [7, 11) is 0. The fourth-order valence-electron chi connectivity index (χ4n) is 3.27. The zero-order valence-corrected chi connectivity index (χ0v) is 15.5. The largest absolute Gasteiger partial charge is 0.466 e. The molecule has 1 amide bonds. The highest BCUT2D eigenvalue weighted by molar-refractivity contribution is 5.80. The van der Waals surface area contributed by atoms with Crippen LogP contribution in [0.4, 0.5) is 0 Å². The third-order valence-electron chi connectivity index (χ3n) is 4.89. The molecular weight excluding hydrogens is 334 g/mol. The molecule has 142 valence electrons. The van der Waals surface area contributed by atoms with Crippen LogP contribution in [-0.2, 0) is 20.7 Å². The molecule has 1 fully saturated rings. The minimum atomic E-state index is -0.129. The number of fused-ring (bicyclic) bond motifs is 1. The Balaban J connectivity index is 1.58. The molecule has 6 nitrogen and oxygen atoms in total. The van der Waals surface area contributed by atoms with Crippen molar-refractivity contribution in [1.82, 2.24) is 4.90 Å². The molecule has 2 atom stereocenters. The van der Waals surface area contributed by atoms with E-state index in [1.165, 1.54) is 0 Å². The van der Waals surface area contributed by atoms with Crippen molar-refractivity contribution in [2.45, 2.75) is 39.5 Å². The molecule has 1 aromatic rings. The molecule has 0 spiro atoms. The van der Waals surface area contributed by atoms with Gasteiger partial charge in [0.05, 0.1) is 18.9 Å². The summed E-state index contributed by atoms with van der Waals surface area (Å²) in [6.45, 7) is 5.92. The van der Waals surface area contributed by atoms with Crippen molar-refractivity contribution in [3.8, 4) is 11.5 Å². The van der Waals surface area contributed by atoms with Crippen molar-refractivity contribution in [3.05, 3.63) is 23.8 Å². The van der Waals surface area contributed by atoms with Gasteiger partial charge in [-0.15, -0.1) is 0 Å². The molecule has 1 heterocycles. The van der Waals surface area contributed by atoms with Crippen LogP contribution in [0.25, 0.3) is 0 Å². The van der Waals surface area contributed by atoms with Gasteiger partial charge in [0.2, 0.25) is 12.7 Å². The van der Waals surface area contributed by atoms with E-state index in [2.05, 4.69) is 6.92 Å². The van der Waals surface area contributed by atoms with Crippen molar-refractivity contribution in [2.24, 2.45) is 11.8 Å². The number of amides is 1. The molecule has 0 radical (unpaired) electrons. The number of esters is 1. The second kappa shape index (κ2) is 8.43. The van der Waals surface area contributed by atoms with Crippen LogP contribution >= 0.6 is 0 Å². The lowest BCUT2D eigenvalue weighted by molar-refractivity contribution is -0.145. The Hall–Kier alpha value is -2.24. The standard InChI is InChI=1S/C20H27NO5/c1-3-5-8-21(12-15-11-16(15)20(23)24-4-2)19(22)10-14-6-7-17-18(9-14)26-13-25-17/h6-7,9,15-16H,3-5,8,10-13H2,1-2H3/t15-,16+/m1/s1. The quantitative estimate of drug-likeness (QED) is 0.633. The van der Waals surface area contributed by atoms with Crippen LogP contribution in [-0.4, -0.2) is 43.3 Å². The molecule has 0 N–H and O–H groups in total. The van der Waals surface area contributed by atoms with Crippen molar-refractivity contribution >= 4 is 11.9 Å². The van der Waals surface area contributed by atoms with Gasteiger partial charge in [-0.3, -0.25) is 9.59 Å². The molecule has 0 bridgehead atoms. The molecule has 0 saturated heterocycles. The van der Waals surface area contributed by atoms with E-state index < -0.39 is 0 Å². The monoisotopic (exact) mass is 361 g/mol. The summed E-state index contributed by atoms with van der Waals surface area (Å²) in [5.74, 6) is 1.56. The molecular formula is C20H27NO5. The lowest BCUT2D eigenvalue weighted by Crippen LogP contribution is -2.35. The number of carbonyl (C=O) groups excluding carboxylic acids is 2. The molecule has 0 aromatic heterocycles. The summed E-state index contributed by atoms with van der Waals surface area (Å²) in [6, 6.07) is 5.62. The summed E-state index contributed by atoms with van der Waals surface area (Å²) < 4.78 is 15.8. The first-order valence-electron chi connectivity index (χ1n) is 9.45. The summed E-state index contributed by atoms with van der Waals surface area (Å²) in [5, 5.41) is 0. The molecule has 26 heavy (non-hydrogen) atoms. The molecule has 6 heteroatoms. The topological polar surface area (TPSA) is 65.1 Å². The minimum absolute atomic E-state index is 0.0441. The van der Waals surface area contributed by atoms with Crippen LogP contribution < -0.4 is 9.47 Å². The molecule has 2 aliphatic rings. The van der Waals surface area contributed by atoms with E-state index in [0.717, 1.165) is 37.1 Å². The van der Waals surface area contributed by atoms with E-state index in [9.17, 15) is 9.59 Å². The summed E-state index contributed by atoms with van der Waals surface area (Å²) >= 11 is 0. The summed E-state index contributed by atoms with van der Waals surface area (Å²) in [6.07, 6.45) is 3.14. The lowest BCUT2D eigenvalue weighted by atomic mass is 10.1. The fraction of sp³-hybridized carbons (Fsp3) is 0.600. The van der Waals surface area contributed by atoms with Crippen molar-refractivity contribution in [2.75, 3.05) is 26.5 Å². The van der Waals surface area contributed by atoms with Crippen LogP contribution in [0.2, 0.25) is 0 Å². The number of nitrogens with zero attached hydrogens (tertiary/aromatic N) is 1. The van der Waals surface area contributed by atoms with E-state index in [1.807, 2.05) is 30.0 Å². The molecule has 1 aliphatic carbocycles. The van der Waals surface area contributed by atoms with E-state index in [0.29, 0.717) is 25.3 Å². The number of benzene rings is 1. The first kappa shape index (κ1) is 18.5. The third kappa shape index (κ3) is 4.48. The van der Waals surface area contributed by atoms with E-state index in [-0.39, 0.29) is 30.5 Å². The van der Waals surface area contributed by atoms with Crippen LogP contribution in [0.5, 0.6) is 11.5 Å². The molecule has 3 rings (SSSR count). The van der Waals surface area contributed by atoms with Gasteiger partial charge in [-0.05, 0) is 43.4 Å². The van der Waals surface area contributed by atoms with Crippen LogP contribution in [0.1, 0.15) is 38.7 Å². The third-order valence-corrected chi connectivity index (χ3v) is 4.89. The highest BCUT2D eigenvalue weighted by Gasteiger charge is 2.45. The number of carbonyl (C=O) groups is 2. The van der Waals surface area contributed by atoms with Gasteiger partial charge in [-0.25, -0.2) is 0 Å². The fourth-order valence-corrected chi connectivity index (χ4v) is 3.27. The maximum absolute atomic E-state index is 12.8. The van der Waals surface area contributed by atoms with Gasteiger partial charge in [-0.2, -0.15) is 0 Å². The highest BCUT2D eigenvalue weighted by atomic mass is 16.7. The Kier molecular flexibility index (Phi) is 6.01. The average Bonchev–Trinajstić information content (AvgIpc) is 3.25. The molecule has 1 saturated carbocycles. The summed E-state index contributed by atoms with van der Waals surface area (Å²) in [5.41, 5.74) is 0.915. The highest BCUT2D eigenvalue weighted by Crippen LogP contribution is 2.40. The van der Waals surface area contributed by atoms with Gasteiger partial charge < -0.3 is 19.1 Å². The predicted molar refractivity (Wildman–Crippen MR) is 96.0 cm³/mol. The second-order valence-corrected chi connectivity index (χ2v) is 6.91. The maximum Gasteiger partial charge on any atom is 0.309 e. The Labute approximate surface area is 154 Å². The number of hydrogen-bond acceptors (Lipinski definition) is 5. The summed E-state index contributed by atoms with van der Waals surface area (Å²) in [4.78, 5) is 26.6. The first-order chi connectivity index (χ1) is 12.6. The zero-order valence-electron chi connectivity index (χ0n) is 15.5. The van der Waals surface area contributed by atoms with Crippen molar-refractivity contribution in [3.63, 3.8) is 0 Å². The van der Waals surface area contributed by atoms with Gasteiger partial charge in [0.15, 0.2) is 11.5 Å². The minimum Gasteiger partial charge on any atom is -0.466 e. The van der Waals surface area contributed by atoms with Gasteiger partial charge in [0.25, 0.3) is 0 Å². The van der Waals surface area contributed by atoms with Crippen molar-refractivity contribution < 1.29 is 23.8 Å².